The average Bonchev–Trinajstić information content (AvgIpc) is 3.40. The van der Waals surface area contributed by atoms with E-state index in [9.17, 15) is 0 Å². The molecule has 0 spiro atoms. The summed E-state index contributed by atoms with van der Waals surface area (Å²) in [4.78, 5) is 0. The van der Waals surface area contributed by atoms with Gasteiger partial charge in [-0.05, 0) is 61.0 Å². The van der Waals surface area contributed by atoms with Gasteiger partial charge in [0.05, 0.1) is 16.4 Å². The van der Waals surface area contributed by atoms with Crippen LogP contribution in [0.1, 0.15) is 13.3 Å². The minimum absolute atomic E-state index is 0.431. The smallest absolute Gasteiger partial charge is 0.145 e. The Balaban J connectivity index is 1.56. The van der Waals surface area contributed by atoms with Gasteiger partial charge in [0, 0.05) is 39.1 Å². The number of nitrogens with one attached hydrogen (secondary N) is 1. The molecule has 0 fully saturated rings. The maximum absolute atomic E-state index is 6.46. The number of fused-ring (bicyclic) bond motifs is 7. The van der Waals surface area contributed by atoms with Crippen molar-refractivity contribution in [2.45, 2.75) is 13.3 Å². The number of benzene rings is 4. The van der Waals surface area contributed by atoms with E-state index in [1.165, 1.54) is 32.9 Å². The number of para-hydroxylation sites is 2. The number of aromatic nitrogens is 1. The highest BCUT2D eigenvalue weighted by Gasteiger charge is 2.22. The van der Waals surface area contributed by atoms with Crippen molar-refractivity contribution in [3.05, 3.63) is 103 Å². The maximum Gasteiger partial charge on any atom is 0.145 e. The van der Waals surface area contributed by atoms with Gasteiger partial charge in [0.1, 0.15) is 11.2 Å². The molecular weight excluding hydrogens is 416 g/mol. The molecule has 1 aliphatic carbocycles. The lowest BCUT2D eigenvalue weighted by atomic mass is 9.98. The number of hydrogen-bond donors (Lipinski definition) is 1. The lowest BCUT2D eigenvalue weighted by molar-refractivity contribution is 0.673. The van der Waals surface area contributed by atoms with Crippen LogP contribution in [0.4, 0.5) is 11.4 Å². The fraction of sp³-hybridized carbons (Fsp3) is 0.0968. The molecule has 4 aromatic carbocycles. The standard InChI is InChI=1S/C31H24N2O/c1-20-9-5-7-13-26(20)33-27-18-17-24-23-12-6-8-14-29(23)34-31(24)30(27)25-16-15-22(19-28(25)33)32-21-10-3-2-4-11-21/h2-8,10-20,32H,9H2,1H3. The third-order valence-corrected chi connectivity index (χ3v) is 6.99. The lowest BCUT2D eigenvalue weighted by Crippen LogP contribution is -2.08. The number of rotatable bonds is 3. The van der Waals surface area contributed by atoms with Gasteiger partial charge in [-0.15, -0.1) is 0 Å². The Hall–Kier alpha value is -4.24. The summed E-state index contributed by atoms with van der Waals surface area (Å²) in [6.45, 7) is 2.30. The number of allylic oxidation sites excluding steroid dienone is 4. The Bertz CT molecular complexity index is 1770. The second kappa shape index (κ2) is 7.39. The van der Waals surface area contributed by atoms with Gasteiger partial charge in [0.2, 0.25) is 0 Å². The maximum atomic E-state index is 6.46. The summed E-state index contributed by atoms with van der Waals surface area (Å²) in [6.07, 6.45) is 7.73. The van der Waals surface area contributed by atoms with Crippen LogP contribution >= 0.6 is 0 Å². The van der Waals surface area contributed by atoms with Crippen molar-refractivity contribution in [2.75, 3.05) is 5.32 Å². The first-order valence-electron chi connectivity index (χ1n) is 11.9. The monoisotopic (exact) mass is 440 g/mol. The van der Waals surface area contributed by atoms with Crippen molar-refractivity contribution in [3.63, 3.8) is 0 Å². The van der Waals surface area contributed by atoms with Crippen LogP contribution in [0.5, 0.6) is 0 Å². The first-order valence-corrected chi connectivity index (χ1v) is 11.9. The van der Waals surface area contributed by atoms with E-state index in [1.807, 2.05) is 12.1 Å². The van der Waals surface area contributed by atoms with Crippen LogP contribution in [0.15, 0.2) is 108 Å². The van der Waals surface area contributed by atoms with Crippen molar-refractivity contribution >= 4 is 60.8 Å². The first kappa shape index (κ1) is 19.2. The summed E-state index contributed by atoms with van der Waals surface area (Å²) in [7, 11) is 0. The van der Waals surface area contributed by atoms with E-state index in [2.05, 4.69) is 108 Å². The molecule has 0 amide bonds. The van der Waals surface area contributed by atoms with Crippen molar-refractivity contribution < 1.29 is 4.42 Å². The van der Waals surface area contributed by atoms with Crippen LogP contribution < -0.4 is 5.32 Å². The van der Waals surface area contributed by atoms with Crippen molar-refractivity contribution in [2.24, 2.45) is 5.92 Å². The van der Waals surface area contributed by atoms with E-state index in [1.54, 1.807) is 0 Å². The molecule has 0 saturated heterocycles. The molecule has 3 nitrogen and oxygen atoms in total. The summed E-state index contributed by atoms with van der Waals surface area (Å²) in [5.74, 6) is 0.431. The number of anilines is 2. The molecule has 0 aliphatic heterocycles. The van der Waals surface area contributed by atoms with E-state index in [-0.39, 0.29) is 0 Å². The molecule has 6 aromatic rings. The SMILES string of the molecule is CC1CC=CC=C1n1c2cc(Nc3ccccc3)ccc2c2c3oc4ccccc4c3ccc21. The summed E-state index contributed by atoms with van der Waals surface area (Å²) < 4.78 is 8.90. The second-order valence-corrected chi connectivity index (χ2v) is 9.15. The average molecular weight is 441 g/mol. The van der Waals surface area contributed by atoms with Crippen molar-refractivity contribution in [1.82, 2.24) is 4.57 Å². The predicted molar refractivity (Wildman–Crippen MR) is 144 cm³/mol. The Morgan fingerprint density at radius 2 is 1.62 bits per heavy atom. The Kier molecular flexibility index (Phi) is 4.18. The van der Waals surface area contributed by atoms with Gasteiger partial charge in [-0.1, -0.05) is 55.5 Å². The summed E-state index contributed by atoms with van der Waals surface area (Å²) >= 11 is 0. The van der Waals surface area contributed by atoms with E-state index in [0.29, 0.717) is 5.92 Å². The third kappa shape index (κ3) is 2.83. The van der Waals surface area contributed by atoms with E-state index in [4.69, 9.17) is 4.42 Å². The van der Waals surface area contributed by atoms with Crippen LogP contribution in [0, 0.1) is 5.92 Å². The number of hydrogen-bond acceptors (Lipinski definition) is 2. The molecule has 1 atom stereocenters. The van der Waals surface area contributed by atoms with Crippen LogP contribution in [0.25, 0.3) is 49.4 Å². The second-order valence-electron chi connectivity index (χ2n) is 9.15. The van der Waals surface area contributed by atoms with E-state index < -0.39 is 0 Å². The minimum Gasteiger partial charge on any atom is -0.455 e. The highest BCUT2D eigenvalue weighted by molar-refractivity contribution is 6.24. The van der Waals surface area contributed by atoms with Crippen LogP contribution in [-0.4, -0.2) is 4.57 Å². The van der Waals surface area contributed by atoms with Gasteiger partial charge in [0.15, 0.2) is 0 Å². The number of furan rings is 1. The van der Waals surface area contributed by atoms with Crippen LogP contribution in [0.2, 0.25) is 0 Å². The molecular formula is C31H24N2O. The van der Waals surface area contributed by atoms with Gasteiger partial charge >= 0.3 is 0 Å². The molecule has 1 unspecified atom stereocenters. The normalized spacial score (nSPS) is 16.0. The zero-order chi connectivity index (χ0) is 22.6. The molecule has 0 saturated carbocycles. The molecule has 1 N–H and O–H groups in total. The molecule has 0 bridgehead atoms. The molecule has 7 rings (SSSR count). The molecule has 3 heteroatoms. The predicted octanol–water partition coefficient (Wildman–Crippen LogP) is 8.87. The lowest BCUT2D eigenvalue weighted by Gasteiger charge is -2.20. The van der Waals surface area contributed by atoms with Gasteiger partial charge < -0.3 is 14.3 Å². The van der Waals surface area contributed by atoms with E-state index >= 15 is 0 Å². The quantitative estimate of drug-likeness (QED) is 0.298. The number of nitrogens with zero attached hydrogens (tertiary/aromatic N) is 1. The van der Waals surface area contributed by atoms with Gasteiger partial charge in [-0.2, -0.15) is 0 Å². The minimum atomic E-state index is 0.431. The zero-order valence-corrected chi connectivity index (χ0v) is 19.0. The van der Waals surface area contributed by atoms with Gasteiger partial charge in [-0.3, -0.25) is 0 Å². The Morgan fingerprint density at radius 1 is 0.794 bits per heavy atom. The topological polar surface area (TPSA) is 30.1 Å². The molecule has 1 aliphatic rings. The largest absolute Gasteiger partial charge is 0.455 e. The van der Waals surface area contributed by atoms with Crippen LogP contribution in [-0.2, 0) is 0 Å². The highest BCUT2D eigenvalue weighted by Crippen LogP contribution is 2.42. The highest BCUT2D eigenvalue weighted by atomic mass is 16.3. The molecule has 2 heterocycles. The van der Waals surface area contributed by atoms with E-state index in [0.717, 1.165) is 34.3 Å². The van der Waals surface area contributed by atoms with Gasteiger partial charge in [0.25, 0.3) is 0 Å². The molecule has 34 heavy (non-hydrogen) atoms. The van der Waals surface area contributed by atoms with Crippen molar-refractivity contribution in [3.8, 4) is 0 Å². The van der Waals surface area contributed by atoms with Gasteiger partial charge in [-0.25, -0.2) is 0 Å². The summed E-state index contributed by atoms with van der Waals surface area (Å²) in [6, 6.07) is 29.8. The first-order chi connectivity index (χ1) is 16.8. The molecule has 0 radical (unpaired) electrons. The third-order valence-electron chi connectivity index (χ3n) is 6.99. The summed E-state index contributed by atoms with van der Waals surface area (Å²) in [5.41, 5.74) is 7.74. The Labute approximate surface area is 197 Å². The fourth-order valence-electron chi connectivity index (χ4n) is 5.36. The van der Waals surface area contributed by atoms with Crippen molar-refractivity contribution in [1.29, 1.82) is 0 Å². The summed E-state index contributed by atoms with van der Waals surface area (Å²) in [5, 5.41) is 8.29. The molecule has 164 valence electrons. The fourth-order valence-corrected chi connectivity index (χ4v) is 5.36. The van der Waals surface area contributed by atoms with Crippen LogP contribution in [0.3, 0.4) is 0 Å². The Morgan fingerprint density at radius 3 is 2.50 bits per heavy atom. The zero-order valence-electron chi connectivity index (χ0n) is 19.0. The molecule has 2 aromatic heterocycles.